The van der Waals surface area contributed by atoms with Gasteiger partial charge in [0.05, 0.1) is 18.5 Å². The Morgan fingerprint density at radius 2 is 1.69 bits per heavy atom. The summed E-state index contributed by atoms with van der Waals surface area (Å²) in [6, 6.07) is 17.7. The topological polar surface area (TPSA) is 62.1 Å². The van der Waals surface area contributed by atoms with Crippen molar-refractivity contribution in [2.24, 2.45) is 5.92 Å². The highest BCUT2D eigenvalue weighted by Gasteiger charge is 2.18. The van der Waals surface area contributed by atoms with E-state index in [0.717, 1.165) is 17.5 Å². The zero-order valence-corrected chi connectivity index (χ0v) is 15.7. The summed E-state index contributed by atoms with van der Waals surface area (Å²) < 4.78 is 5.56. The van der Waals surface area contributed by atoms with Gasteiger partial charge in [-0.15, -0.1) is 0 Å². The van der Waals surface area contributed by atoms with Crippen molar-refractivity contribution in [3.63, 3.8) is 0 Å². The maximum atomic E-state index is 12.3. The van der Waals surface area contributed by atoms with Gasteiger partial charge in [-0.05, 0) is 41.2 Å². The maximum absolute atomic E-state index is 12.3. The number of hydrogen-bond donors (Lipinski definition) is 1. The van der Waals surface area contributed by atoms with Crippen molar-refractivity contribution in [2.75, 3.05) is 6.61 Å². The lowest BCUT2D eigenvalue weighted by Gasteiger charge is -2.23. The number of carbonyl (C=O) groups is 1. The molecule has 0 fully saturated rings. The normalized spacial score (nSPS) is 11.7. The van der Waals surface area contributed by atoms with Crippen LogP contribution in [0.15, 0.2) is 48.5 Å². The molecule has 1 N–H and O–H groups in total. The minimum atomic E-state index is -0.149. The molecule has 0 aliphatic carbocycles. The Hall–Kier alpha value is -2.80. The first-order valence-electron chi connectivity index (χ1n) is 9.00. The van der Waals surface area contributed by atoms with E-state index in [2.05, 4.69) is 56.4 Å². The number of nitrogens with one attached hydrogen (secondary N) is 1. The highest BCUT2D eigenvalue weighted by molar-refractivity contribution is 5.78. The van der Waals surface area contributed by atoms with Gasteiger partial charge in [-0.25, -0.2) is 0 Å². The molecular weight excluding hydrogens is 324 g/mol. The maximum Gasteiger partial charge on any atom is 0.258 e. The van der Waals surface area contributed by atoms with Gasteiger partial charge in [-0.2, -0.15) is 5.26 Å². The van der Waals surface area contributed by atoms with Gasteiger partial charge in [0, 0.05) is 0 Å². The summed E-state index contributed by atoms with van der Waals surface area (Å²) in [5.74, 6) is 0.747. The summed E-state index contributed by atoms with van der Waals surface area (Å²) in [6.45, 7) is 6.27. The number of nitriles is 1. The van der Waals surface area contributed by atoms with Gasteiger partial charge in [0.1, 0.15) is 5.75 Å². The van der Waals surface area contributed by atoms with Crippen LogP contribution in [0.3, 0.4) is 0 Å². The molecule has 1 unspecified atom stereocenters. The SMILES string of the molecule is CCc1ccc(C(NC(=O)COc2ccc(CC#N)cc2)C(C)C)cc1. The summed E-state index contributed by atoms with van der Waals surface area (Å²) in [5.41, 5.74) is 3.32. The lowest BCUT2D eigenvalue weighted by molar-refractivity contribution is -0.124. The van der Waals surface area contributed by atoms with Crippen LogP contribution in [0.1, 0.15) is 43.5 Å². The molecule has 0 aromatic heterocycles. The Morgan fingerprint density at radius 1 is 1.08 bits per heavy atom. The number of rotatable bonds is 8. The fourth-order valence-corrected chi connectivity index (χ4v) is 2.75. The van der Waals surface area contributed by atoms with Gasteiger partial charge in [0.2, 0.25) is 0 Å². The first-order chi connectivity index (χ1) is 12.5. The molecule has 136 valence electrons. The predicted molar refractivity (Wildman–Crippen MR) is 103 cm³/mol. The molecule has 4 heteroatoms. The van der Waals surface area contributed by atoms with E-state index in [4.69, 9.17) is 10.00 Å². The molecule has 4 nitrogen and oxygen atoms in total. The van der Waals surface area contributed by atoms with Crippen molar-refractivity contribution >= 4 is 5.91 Å². The number of benzene rings is 2. The second kappa shape index (κ2) is 9.62. The van der Waals surface area contributed by atoms with Crippen LogP contribution in [0.25, 0.3) is 0 Å². The van der Waals surface area contributed by atoms with E-state index >= 15 is 0 Å². The van der Waals surface area contributed by atoms with Crippen molar-refractivity contribution in [3.05, 3.63) is 65.2 Å². The second-order valence-corrected chi connectivity index (χ2v) is 6.65. The Kier molecular flexibility index (Phi) is 7.23. The Labute approximate surface area is 155 Å². The van der Waals surface area contributed by atoms with E-state index < -0.39 is 0 Å². The third kappa shape index (κ3) is 5.63. The van der Waals surface area contributed by atoms with Crippen LogP contribution < -0.4 is 10.1 Å². The minimum Gasteiger partial charge on any atom is -0.484 e. The monoisotopic (exact) mass is 350 g/mol. The van der Waals surface area contributed by atoms with E-state index in [1.807, 2.05) is 12.1 Å². The van der Waals surface area contributed by atoms with Crippen molar-refractivity contribution in [2.45, 2.75) is 39.7 Å². The molecule has 2 rings (SSSR count). The standard InChI is InChI=1S/C22H26N2O2/c1-4-17-5-9-19(10-6-17)22(16(2)3)24-21(25)15-26-20-11-7-18(8-12-20)13-14-23/h5-12,16,22H,4,13,15H2,1-3H3,(H,24,25). The number of ether oxygens (including phenoxy) is 1. The fraction of sp³-hybridized carbons (Fsp3) is 0.364. The Morgan fingerprint density at radius 3 is 2.23 bits per heavy atom. The van der Waals surface area contributed by atoms with Crippen LogP contribution in [0.2, 0.25) is 0 Å². The average Bonchev–Trinajstić information content (AvgIpc) is 2.66. The summed E-state index contributed by atoms with van der Waals surface area (Å²) in [4.78, 5) is 12.3. The number of nitrogens with zero attached hydrogens (tertiary/aromatic N) is 1. The molecule has 2 aromatic carbocycles. The van der Waals surface area contributed by atoms with E-state index in [1.165, 1.54) is 5.56 Å². The van der Waals surface area contributed by atoms with Crippen molar-refractivity contribution in [3.8, 4) is 11.8 Å². The highest BCUT2D eigenvalue weighted by Crippen LogP contribution is 2.22. The summed E-state index contributed by atoms with van der Waals surface area (Å²) in [6.07, 6.45) is 1.37. The predicted octanol–water partition coefficient (Wildman–Crippen LogP) is 4.21. The average molecular weight is 350 g/mol. The quantitative estimate of drug-likeness (QED) is 0.776. The van der Waals surface area contributed by atoms with E-state index in [9.17, 15) is 4.79 Å². The van der Waals surface area contributed by atoms with Crippen LogP contribution >= 0.6 is 0 Å². The van der Waals surface area contributed by atoms with Crippen molar-refractivity contribution in [1.29, 1.82) is 5.26 Å². The molecule has 0 spiro atoms. The number of aryl methyl sites for hydroxylation is 1. The first kappa shape index (κ1) is 19.5. The smallest absolute Gasteiger partial charge is 0.258 e. The molecule has 0 bridgehead atoms. The molecule has 26 heavy (non-hydrogen) atoms. The Balaban J connectivity index is 1.93. The van der Waals surface area contributed by atoms with Crippen LogP contribution in [0, 0.1) is 17.2 Å². The molecule has 1 atom stereocenters. The molecule has 0 aliphatic rings. The molecule has 0 saturated carbocycles. The summed E-state index contributed by atoms with van der Waals surface area (Å²) >= 11 is 0. The van der Waals surface area contributed by atoms with E-state index in [0.29, 0.717) is 12.2 Å². The highest BCUT2D eigenvalue weighted by atomic mass is 16.5. The molecule has 0 aliphatic heterocycles. The van der Waals surface area contributed by atoms with Gasteiger partial charge in [-0.3, -0.25) is 4.79 Å². The first-order valence-corrected chi connectivity index (χ1v) is 9.00. The van der Waals surface area contributed by atoms with E-state index in [1.54, 1.807) is 12.1 Å². The third-order valence-electron chi connectivity index (χ3n) is 4.31. The zero-order chi connectivity index (χ0) is 18.9. The molecular formula is C22H26N2O2. The minimum absolute atomic E-state index is 0.0339. The van der Waals surface area contributed by atoms with Gasteiger partial charge in [0.25, 0.3) is 5.91 Å². The molecule has 2 aromatic rings. The van der Waals surface area contributed by atoms with Crippen LogP contribution in [0.4, 0.5) is 0 Å². The van der Waals surface area contributed by atoms with Gasteiger partial charge >= 0.3 is 0 Å². The van der Waals surface area contributed by atoms with Crippen LogP contribution in [-0.4, -0.2) is 12.5 Å². The molecule has 1 amide bonds. The van der Waals surface area contributed by atoms with Crippen molar-refractivity contribution in [1.82, 2.24) is 5.32 Å². The van der Waals surface area contributed by atoms with Gasteiger partial charge in [-0.1, -0.05) is 57.2 Å². The van der Waals surface area contributed by atoms with Crippen LogP contribution in [0.5, 0.6) is 5.75 Å². The number of amides is 1. The summed E-state index contributed by atoms with van der Waals surface area (Å²) in [7, 11) is 0. The number of hydrogen-bond acceptors (Lipinski definition) is 3. The van der Waals surface area contributed by atoms with Crippen LogP contribution in [-0.2, 0) is 17.6 Å². The fourth-order valence-electron chi connectivity index (χ4n) is 2.75. The molecule has 0 radical (unpaired) electrons. The number of carbonyl (C=O) groups excluding carboxylic acids is 1. The Bertz CT molecular complexity index is 743. The zero-order valence-electron chi connectivity index (χ0n) is 15.7. The largest absolute Gasteiger partial charge is 0.484 e. The van der Waals surface area contributed by atoms with Gasteiger partial charge < -0.3 is 10.1 Å². The summed E-state index contributed by atoms with van der Waals surface area (Å²) in [5, 5.41) is 11.7. The third-order valence-corrected chi connectivity index (χ3v) is 4.31. The lowest BCUT2D eigenvalue weighted by atomic mass is 9.95. The van der Waals surface area contributed by atoms with Gasteiger partial charge in [0.15, 0.2) is 6.61 Å². The van der Waals surface area contributed by atoms with E-state index in [-0.39, 0.29) is 24.5 Å². The van der Waals surface area contributed by atoms with Crippen molar-refractivity contribution < 1.29 is 9.53 Å². The molecule has 0 saturated heterocycles. The second-order valence-electron chi connectivity index (χ2n) is 6.65. The lowest BCUT2D eigenvalue weighted by Crippen LogP contribution is -2.35. The molecule has 0 heterocycles.